The highest BCUT2D eigenvalue weighted by molar-refractivity contribution is 6.30. The van der Waals surface area contributed by atoms with Crippen molar-refractivity contribution in [3.63, 3.8) is 0 Å². The molecule has 3 nitrogen and oxygen atoms in total. The standard InChI is InChI=1S/C17H17ClN2O/c1-12(19-15-8-6-14(18)7-9-15)17(21)20-11-10-13-4-2-3-5-16(13)20/h2-9,12,19H,10-11H2,1H3/t12-/m1/s1. The normalized spacial score (nSPS) is 14.7. The molecule has 1 aliphatic rings. The molecule has 1 amide bonds. The van der Waals surface area contributed by atoms with Crippen molar-refractivity contribution in [1.82, 2.24) is 0 Å². The Morgan fingerprint density at radius 2 is 1.90 bits per heavy atom. The van der Waals surface area contributed by atoms with E-state index in [1.165, 1.54) is 5.56 Å². The summed E-state index contributed by atoms with van der Waals surface area (Å²) >= 11 is 5.87. The van der Waals surface area contributed by atoms with Gasteiger partial charge in [0.25, 0.3) is 0 Å². The van der Waals surface area contributed by atoms with Gasteiger partial charge in [0.15, 0.2) is 0 Å². The van der Waals surface area contributed by atoms with Crippen LogP contribution in [0.4, 0.5) is 11.4 Å². The van der Waals surface area contributed by atoms with Gasteiger partial charge in [-0.1, -0.05) is 29.8 Å². The molecule has 108 valence electrons. The summed E-state index contributed by atoms with van der Waals surface area (Å²) in [5, 5.41) is 3.91. The number of carbonyl (C=O) groups is 1. The Hall–Kier alpha value is -2.00. The van der Waals surface area contributed by atoms with E-state index in [-0.39, 0.29) is 11.9 Å². The van der Waals surface area contributed by atoms with Crippen LogP contribution in [0.5, 0.6) is 0 Å². The fourth-order valence-corrected chi connectivity index (χ4v) is 2.78. The molecule has 0 unspecified atom stereocenters. The van der Waals surface area contributed by atoms with Gasteiger partial charge in [-0.15, -0.1) is 0 Å². The summed E-state index contributed by atoms with van der Waals surface area (Å²) in [5.74, 6) is 0.0925. The molecule has 0 fully saturated rings. The summed E-state index contributed by atoms with van der Waals surface area (Å²) in [5.41, 5.74) is 3.17. The molecule has 1 heterocycles. The lowest BCUT2D eigenvalue weighted by atomic mass is 10.2. The van der Waals surface area contributed by atoms with E-state index in [2.05, 4.69) is 11.4 Å². The fraction of sp³-hybridized carbons (Fsp3) is 0.235. The molecule has 1 atom stereocenters. The number of rotatable bonds is 3. The Bertz CT molecular complexity index is 654. The highest BCUT2D eigenvalue weighted by Crippen LogP contribution is 2.28. The number of benzene rings is 2. The van der Waals surface area contributed by atoms with Gasteiger partial charge in [0.1, 0.15) is 6.04 Å². The quantitative estimate of drug-likeness (QED) is 0.937. The first-order chi connectivity index (χ1) is 10.1. The lowest BCUT2D eigenvalue weighted by Gasteiger charge is -2.23. The zero-order valence-electron chi connectivity index (χ0n) is 11.8. The minimum absolute atomic E-state index is 0.0925. The zero-order chi connectivity index (χ0) is 14.8. The van der Waals surface area contributed by atoms with Crippen LogP contribution >= 0.6 is 11.6 Å². The molecule has 3 rings (SSSR count). The predicted octanol–water partition coefficient (Wildman–Crippen LogP) is 3.73. The van der Waals surface area contributed by atoms with E-state index < -0.39 is 0 Å². The zero-order valence-corrected chi connectivity index (χ0v) is 12.6. The molecule has 0 aliphatic carbocycles. The maximum absolute atomic E-state index is 12.6. The number of anilines is 2. The smallest absolute Gasteiger partial charge is 0.249 e. The van der Waals surface area contributed by atoms with Gasteiger partial charge in [0, 0.05) is 22.9 Å². The van der Waals surface area contributed by atoms with Crippen LogP contribution < -0.4 is 10.2 Å². The maximum Gasteiger partial charge on any atom is 0.249 e. The third kappa shape index (κ3) is 2.88. The van der Waals surface area contributed by atoms with E-state index in [0.29, 0.717) is 5.02 Å². The average molecular weight is 301 g/mol. The van der Waals surface area contributed by atoms with E-state index in [0.717, 1.165) is 24.3 Å². The Kier molecular flexibility index (Phi) is 3.84. The van der Waals surface area contributed by atoms with Gasteiger partial charge in [-0.25, -0.2) is 0 Å². The molecular weight excluding hydrogens is 284 g/mol. The molecule has 0 radical (unpaired) electrons. The van der Waals surface area contributed by atoms with E-state index in [9.17, 15) is 4.79 Å². The van der Waals surface area contributed by atoms with Crippen molar-refractivity contribution in [2.75, 3.05) is 16.8 Å². The van der Waals surface area contributed by atoms with Crippen LogP contribution in [0.15, 0.2) is 48.5 Å². The van der Waals surface area contributed by atoms with Crippen LogP contribution in [0.25, 0.3) is 0 Å². The molecule has 0 aromatic heterocycles. The monoisotopic (exact) mass is 300 g/mol. The molecule has 0 spiro atoms. The van der Waals surface area contributed by atoms with Crippen LogP contribution in [0.3, 0.4) is 0 Å². The van der Waals surface area contributed by atoms with Gasteiger partial charge >= 0.3 is 0 Å². The van der Waals surface area contributed by atoms with Gasteiger partial charge in [-0.05, 0) is 49.2 Å². The summed E-state index contributed by atoms with van der Waals surface area (Å²) in [7, 11) is 0. The second-order valence-electron chi connectivity index (χ2n) is 5.24. The van der Waals surface area contributed by atoms with Crippen molar-refractivity contribution in [3.8, 4) is 0 Å². The molecule has 21 heavy (non-hydrogen) atoms. The van der Waals surface area contributed by atoms with E-state index in [1.807, 2.05) is 54.3 Å². The summed E-state index contributed by atoms with van der Waals surface area (Å²) in [6.07, 6.45) is 0.926. The summed E-state index contributed by atoms with van der Waals surface area (Å²) in [6.45, 7) is 2.64. The number of para-hydroxylation sites is 1. The summed E-state index contributed by atoms with van der Waals surface area (Å²) in [6, 6.07) is 15.2. The number of nitrogens with one attached hydrogen (secondary N) is 1. The van der Waals surface area contributed by atoms with Gasteiger partial charge in [-0.3, -0.25) is 4.79 Å². The van der Waals surface area contributed by atoms with Crippen molar-refractivity contribution >= 4 is 28.9 Å². The third-order valence-electron chi connectivity index (χ3n) is 3.75. The average Bonchev–Trinajstić information content (AvgIpc) is 2.92. The van der Waals surface area contributed by atoms with Crippen molar-refractivity contribution in [2.24, 2.45) is 0 Å². The minimum Gasteiger partial charge on any atom is -0.374 e. The Balaban J connectivity index is 1.72. The Morgan fingerprint density at radius 1 is 1.19 bits per heavy atom. The molecule has 0 saturated heterocycles. The Labute approximate surface area is 129 Å². The van der Waals surface area contributed by atoms with Crippen LogP contribution in [-0.2, 0) is 11.2 Å². The first-order valence-corrected chi connectivity index (χ1v) is 7.44. The van der Waals surface area contributed by atoms with Gasteiger partial charge in [-0.2, -0.15) is 0 Å². The van der Waals surface area contributed by atoms with Crippen LogP contribution in [0.2, 0.25) is 5.02 Å². The third-order valence-corrected chi connectivity index (χ3v) is 4.00. The van der Waals surface area contributed by atoms with Crippen molar-refractivity contribution in [3.05, 3.63) is 59.1 Å². The first-order valence-electron chi connectivity index (χ1n) is 7.06. The van der Waals surface area contributed by atoms with Crippen molar-refractivity contribution < 1.29 is 4.79 Å². The molecule has 2 aromatic rings. The maximum atomic E-state index is 12.6. The van der Waals surface area contributed by atoms with Crippen LogP contribution in [0.1, 0.15) is 12.5 Å². The number of fused-ring (bicyclic) bond motifs is 1. The number of carbonyl (C=O) groups excluding carboxylic acids is 1. The van der Waals surface area contributed by atoms with E-state index in [1.54, 1.807) is 0 Å². The van der Waals surface area contributed by atoms with Gasteiger partial charge < -0.3 is 10.2 Å². The second kappa shape index (κ2) is 5.78. The molecule has 1 N–H and O–H groups in total. The Morgan fingerprint density at radius 3 is 2.67 bits per heavy atom. The molecule has 2 aromatic carbocycles. The van der Waals surface area contributed by atoms with E-state index in [4.69, 9.17) is 11.6 Å². The number of hydrogen-bond donors (Lipinski definition) is 1. The number of hydrogen-bond acceptors (Lipinski definition) is 2. The lowest BCUT2D eigenvalue weighted by molar-refractivity contribution is -0.118. The number of nitrogens with zero attached hydrogens (tertiary/aromatic N) is 1. The minimum atomic E-state index is -0.280. The summed E-state index contributed by atoms with van der Waals surface area (Å²) < 4.78 is 0. The molecule has 1 aliphatic heterocycles. The SMILES string of the molecule is C[C@@H](Nc1ccc(Cl)cc1)C(=O)N1CCc2ccccc21. The predicted molar refractivity (Wildman–Crippen MR) is 87.0 cm³/mol. The largest absolute Gasteiger partial charge is 0.374 e. The van der Waals surface area contributed by atoms with Crippen LogP contribution in [0, 0.1) is 0 Å². The number of halogens is 1. The molecule has 0 bridgehead atoms. The summed E-state index contributed by atoms with van der Waals surface area (Å²) in [4.78, 5) is 14.5. The van der Waals surface area contributed by atoms with Crippen molar-refractivity contribution in [2.45, 2.75) is 19.4 Å². The van der Waals surface area contributed by atoms with Gasteiger partial charge in [0.2, 0.25) is 5.91 Å². The van der Waals surface area contributed by atoms with Gasteiger partial charge in [0.05, 0.1) is 0 Å². The molecule has 0 saturated carbocycles. The highest BCUT2D eigenvalue weighted by atomic mass is 35.5. The highest BCUT2D eigenvalue weighted by Gasteiger charge is 2.27. The molecular formula is C17H17ClN2O. The fourth-order valence-electron chi connectivity index (χ4n) is 2.66. The molecule has 4 heteroatoms. The topological polar surface area (TPSA) is 32.3 Å². The second-order valence-corrected chi connectivity index (χ2v) is 5.68. The van der Waals surface area contributed by atoms with Crippen LogP contribution in [-0.4, -0.2) is 18.5 Å². The van der Waals surface area contributed by atoms with E-state index >= 15 is 0 Å². The first kappa shape index (κ1) is 14.0. The number of amides is 1. The van der Waals surface area contributed by atoms with Crippen molar-refractivity contribution in [1.29, 1.82) is 0 Å². The lowest BCUT2D eigenvalue weighted by Crippen LogP contribution is -2.40.